The van der Waals surface area contributed by atoms with E-state index >= 15 is 0 Å². The summed E-state index contributed by atoms with van der Waals surface area (Å²) in [5, 5.41) is 0. The van der Waals surface area contributed by atoms with Crippen molar-refractivity contribution in [2.24, 2.45) is 0 Å². The molecule has 0 aliphatic rings. The minimum absolute atomic E-state index is 0.598. The third-order valence-corrected chi connectivity index (χ3v) is 2.44. The maximum Gasteiger partial charge on any atom is 0.00997 e. The maximum atomic E-state index is 7.00. The van der Waals surface area contributed by atoms with Gasteiger partial charge in [-0.1, -0.05) is 44.8 Å². The number of hydrogen-bond acceptors (Lipinski definition) is 0. The standard InChI is InChI=1S/C13H26N/c1-2-3-4-5-6-7-8-9-10-11-12-13-14/h7-8,14H,2-6,9-13H2,1H3/b8-7+. The summed E-state index contributed by atoms with van der Waals surface area (Å²) in [6, 6.07) is 0. The second-order valence-electron chi connectivity index (χ2n) is 3.92. The van der Waals surface area contributed by atoms with Crippen LogP contribution in [0.4, 0.5) is 0 Å². The zero-order valence-electron chi connectivity index (χ0n) is 9.73. The summed E-state index contributed by atoms with van der Waals surface area (Å²) in [6.07, 6.45) is 16.2. The average molecular weight is 196 g/mol. The van der Waals surface area contributed by atoms with Crippen molar-refractivity contribution in [3.63, 3.8) is 0 Å². The third-order valence-electron chi connectivity index (χ3n) is 2.44. The summed E-state index contributed by atoms with van der Waals surface area (Å²) in [6.45, 7) is 2.85. The summed E-state index contributed by atoms with van der Waals surface area (Å²) in [5.41, 5.74) is 7.00. The normalized spacial score (nSPS) is 11.3. The van der Waals surface area contributed by atoms with Gasteiger partial charge in [-0.15, -0.1) is 0 Å². The largest absolute Gasteiger partial charge is 0.258 e. The van der Waals surface area contributed by atoms with E-state index in [1.807, 2.05) is 0 Å². The Kier molecular flexibility index (Phi) is 12.4. The molecular formula is C13H26N. The van der Waals surface area contributed by atoms with Gasteiger partial charge in [0, 0.05) is 6.54 Å². The summed E-state index contributed by atoms with van der Waals surface area (Å²) >= 11 is 0. The first-order chi connectivity index (χ1) is 6.91. The molecule has 1 heteroatoms. The molecule has 0 fully saturated rings. The molecule has 14 heavy (non-hydrogen) atoms. The van der Waals surface area contributed by atoms with Crippen molar-refractivity contribution in [1.82, 2.24) is 5.73 Å². The van der Waals surface area contributed by atoms with Crippen LogP contribution in [-0.2, 0) is 0 Å². The Bertz CT molecular complexity index is 104. The van der Waals surface area contributed by atoms with Gasteiger partial charge < -0.3 is 0 Å². The number of hydrogen-bond donors (Lipinski definition) is 0. The van der Waals surface area contributed by atoms with Crippen LogP contribution in [0, 0.1) is 0 Å². The first-order valence-corrected chi connectivity index (χ1v) is 6.21. The predicted octanol–water partition coefficient (Wildman–Crippen LogP) is 4.36. The van der Waals surface area contributed by atoms with Gasteiger partial charge in [0.05, 0.1) is 0 Å². The van der Waals surface area contributed by atoms with Crippen molar-refractivity contribution in [3.8, 4) is 0 Å². The fourth-order valence-corrected chi connectivity index (χ4v) is 1.49. The lowest BCUT2D eigenvalue weighted by atomic mass is 10.1. The fourth-order valence-electron chi connectivity index (χ4n) is 1.49. The second kappa shape index (κ2) is 12.7. The minimum Gasteiger partial charge on any atom is -0.258 e. The van der Waals surface area contributed by atoms with Gasteiger partial charge in [-0.3, -0.25) is 5.73 Å². The highest BCUT2D eigenvalue weighted by Gasteiger charge is 1.86. The Morgan fingerprint density at radius 2 is 1.36 bits per heavy atom. The zero-order chi connectivity index (χ0) is 10.5. The second-order valence-corrected chi connectivity index (χ2v) is 3.92. The van der Waals surface area contributed by atoms with Crippen LogP contribution in [0.3, 0.4) is 0 Å². The van der Waals surface area contributed by atoms with Crippen LogP contribution in [0.2, 0.25) is 0 Å². The highest BCUT2D eigenvalue weighted by atomic mass is 14.5. The summed E-state index contributed by atoms with van der Waals surface area (Å²) in [5.74, 6) is 0. The lowest BCUT2D eigenvalue weighted by Crippen LogP contribution is -1.83. The molecule has 1 nitrogen and oxygen atoms in total. The van der Waals surface area contributed by atoms with Gasteiger partial charge in [0.25, 0.3) is 0 Å². The van der Waals surface area contributed by atoms with E-state index in [0.717, 1.165) is 6.42 Å². The molecule has 0 saturated heterocycles. The molecule has 0 aliphatic heterocycles. The Morgan fingerprint density at radius 3 is 1.86 bits per heavy atom. The van der Waals surface area contributed by atoms with Gasteiger partial charge in [0.1, 0.15) is 0 Å². The summed E-state index contributed by atoms with van der Waals surface area (Å²) < 4.78 is 0. The number of unbranched alkanes of at least 4 members (excludes halogenated alkanes) is 7. The van der Waals surface area contributed by atoms with Crippen LogP contribution < -0.4 is 5.73 Å². The van der Waals surface area contributed by atoms with E-state index in [2.05, 4.69) is 19.1 Å². The van der Waals surface area contributed by atoms with E-state index in [1.54, 1.807) is 0 Å². The molecule has 1 N–H and O–H groups in total. The van der Waals surface area contributed by atoms with Crippen molar-refractivity contribution in [2.45, 2.75) is 64.7 Å². The topological polar surface area (TPSA) is 23.8 Å². The molecule has 0 rings (SSSR count). The van der Waals surface area contributed by atoms with Crippen LogP contribution in [0.15, 0.2) is 12.2 Å². The first-order valence-electron chi connectivity index (χ1n) is 6.21. The quantitative estimate of drug-likeness (QED) is 0.366. The number of rotatable bonds is 10. The zero-order valence-corrected chi connectivity index (χ0v) is 9.73. The van der Waals surface area contributed by atoms with Crippen molar-refractivity contribution in [3.05, 3.63) is 12.2 Å². The molecule has 0 saturated carbocycles. The number of allylic oxidation sites excluding steroid dienone is 2. The molecule has 0 aromatic heterocycles. The summed E-state index contributed by atoms with van der Waals surface area (Å²) in [4.78, 5) is 0. The van der Waals surface area contributed by atoms with Crippen molar-refractivity contribution in [2.75, 3.05) is 6.54 Å². The molecule has 0 aromatic carbocycles. The van der Waals surface area contributed by atoms with Crippen LogP contribution in [-0.4, -0.2) is 6.54 Å². The molecule has 0 aromatic rings. The van der Waals surface area contributed by atoms with Crippen LogP contribution in [0.25, 0.3) is 0 Å². The summed E-state index contributed by atoms with van der Waals surface area (Å²) in [7, 11) is 0. The van der Waals surface area contributed by atoms with Crippen molar-refractivity contribution < 1.29 is 0 Å². The molecule has 83 valence electrons. The molecule has 0 spiro atoms. The Labute approximate surface area is 89.8 Å². The molecule has 0 aliphatic carbocycles. The molecule has 0 amide bonds. The average Bonchev–Trinajstić information content (AvgIpc) is 2.21. The lowest BCUT2D eigenvalue weighted by molar-refractivity contribution is 0.670. The van der Waals surface area contributed by atoms with E-state index in [4.69, 9.17) is 5.73 Å². The van der Waals surface area contributed by atoms with Crippen LogP contribution in [0.5, 0.6) is 0 Å². The molecule has 0 bridgehead atoms. The van der Waals surface area contributed by atoms with Gasteiger partial charge in [-0.05, 0) is 32.1 Å². The van der Waals surface area contributed by atoms with E-state index < -0.39 is 0 Å². The molecule has 1 radical (unpaired) electrons. The van der Waals surface area contributed by atoms with Gasteiger partial charge in [0.2, 0.25) is 0 Å². The minimum atomic E-state index is 0.598. The molecular weight excluding hydrogens is 170 g/mol. The smallest absolute Gasteiger partial charge is 0.00997 e. The molecule has 0 atom stereocenters. The fraction of sp³-hybridized carbons (Fsp3) is 0.846. The first kappa shape index (κ1) is 13.7. The predicted molar refractivity (Wildman–Crippen MR) is 64.3 cm³/mol. The highest BCUT2D eigenvalue weighted by molar-refractivity contribution is 4.81. The molecule has 0 heterocycles. The van der Waals surface area contributed by atoms with Crippen molar-refractivity contribution >= 4 is 0 Å². The van der Waals surface area contributed by atoms with Gasteiger partial charge in [0.15, 0.2) is 0 Å². The van der Waals surface area contributed by atoms with E-state index in [1.165, 1.54) is 51.4 Å². The SMILES string of the molecule is CCCCCC/C=C/CCCCC[NH]. The van der Waals surface area contributed by atoms with Gasteiger partial charge >= 0.3 is 0 Å². The van der Waals surface area contributed by atoms with E-state index in [0.29, 0.717) is 6.54 Å². The van der Waals surface area contributed by atoms with Crippen molar-refractivity contribution in [1.29, 1.82) is 0 Å². The van der Waals surface area contributed by atoms with E-state index in [-0.39, 0.29) is 0 Å². The van der Waals surface area contributed by atoms with E-state index in [9.17, 15) is 0 Å². The Hall–Kier alpha value is -0.300. The van der Waals surface area contributed by atoms with Gasteiger partial charge in [-0.2, -0.15) is 0 Å². The molecule has 0 unspecified atom stereocenters. The third kappa shape index (κ3) is 11.7. The Morgan fingerprint density at radius 1 is 0.786 bits per heavy atom. The van der Waals surface area contributed by atoms with Crippen LogP contribution in [0.1, 0.15) is 64.7 Å². The highest BCUT2D eigenvalue weighted by Crippen LogP contribution is 2.04. The number of nitrogens with one attached hydrogen (secondary N) is 1. The lowest BCUT2D eigenvalue weighted by Gasteiger charge is -1.95. The maximum absolute atomic E-state index is 7.00. The Balaban J connectivity index is 2.96. The monoisotopic (exact) mass is 196 g/mol. The van der Waals surface area contributed by atoms with Crippen LogP contribution >= 0.6 is 0 Å². The van der Waals surface area contributed by atoms with Gasteiger partial charge in [-0.25, -0.2) is 0 Å².